The molecule has 0 aromatic carbocycles. The van der Waals surface area contributed by atoms with Crippen LogP contribution in [0.25, 0.3) is 0 Å². The highest BCUT2D eigenvalue weighted by atomic mass is 127. The summed E-state index contributed by atoms with van der Waals surface area (Å²) in [5.41, 5.74) is 0. The zero-order valence-corrected chi connectivity index (χ0v) is 7.02. The van der Waals surface area contributed by atoms with Crippen LogP contribution in [0.2, 0.25) is 0 Å². The van der Waals surface area contributed by atoms with Crippen molar-refractivity contribution in [3.05, 3.63) is 11.5 Å². The van der Waals surface area contributed by atoms with E-state index in [0.29, 0.717) is 0 Å². The maximum atomic E-state index is 10.5. The third-order valence-electron chi connectivity index (χ3n) is 0.886. The molecule has 1 rings (SSSR count). The van der Waals surface area contributed by atoms with E-state index < -0.39 is 9.84 Å². The summed E-state index contributed by atoms with van der Waals surface area (Å²) in [5, 5.41) is 1.28. The van der Waals surface area contributed by atoms with Gasteiger partial charge in [-0.2, -0.15) is 0 Å². The van der Waals surface area contributed by atoms with Crippen LogP contribution in [-0.4, -0.2) is 18.1 Å². The first-order valence-corrected chi connectivity index (χ1v) is 5.11. The maximum absolute atomic E-state index is 10.5. The molecule has 0 radical (unpaired) electrons. The fourth-order valence-electron chi connectivity index (χ4n) is 0.538. The van der Waals surface area contributed by atoms with Crippen LogP contribution < -0.4 is 0 Å². The minimum atomic E-state index is -2.78. The van der Waals surface area contributed by atoms with Crippen LogP contribution >= 0.6 is 22.6 Å². The third-order valence-corrected chi connectivity index (χ3v) is 3.74. The second-order valence-electron chi connectivity index (χ2n) is 1.67. The quantitative estimate of drug-likeness (QED) is 0.465. The summed E-state index contributed by atoms with van der Waals surface area (Å²) in [4.78, 5) is 0. The van der Waals surface area contributed by atoms with Crippen LogP contribution in [0.1, 0.15) is 0 Å². The molecule has 0 fully saturated rings. The number of hydrogen-bond donors (Lipinski definition) is 0. The molecule has 4 heteroatoms. The minimum Gasteiger partial charge on any atom is -0.224 e. The van der Waals surface area contributed by atoms with Gasteiger partial charge in [0.15, 0.2) is 9.84 Å². The normalized spacial score (nSPS) is 33.4. The second-order valence-corrected chi connectivity index (χ2v) is 5.21. The fourth-order valence-corrected chi connectivity index (χ4v) is 3.63. The summed E-state index contributed by atoms with van der Waals surface area (Å²) in [6.07, 6.45) is 1.70. The van der Waals surface area contributed by atoms with Crippen LogP contribution in [-0.2, 0) is 9.84 Å². The first-order chi connectivity index (χ1) is 3.60. The molecule has 0 aromatic heterocycles. The van der Waals surface area contributed by atoms with Gasteiger partial charge in [-0.25, -0.2) is 8.42 Å². The first-order valence-electron chi connectivity index (χ1n) is 2.15. The SMILES string of the molecule is O=S1(=O)C=CC(I)C1. The highest BCUT2D eigenvalue weighted by Gasteiger charge is 2.17. The zero-order chi connectivity index (χ0) is 6.20. The van der Waals surface area contributed by atoms with Crippen LogP contribution in [0.5, 0.6) is 0 Å². The van der Waals surface area contributed by atoms with E-state index in [1.165, 1.54) is 5.41 Å². The van der Waals surface area contributed by atoms with E-state index >= 15 is 0 Å². The van der Waals surface area contributed by atoms with Crippen molar-refractivity contribution in [1.82, 2.24) is 0 Å². The van der Waals surface area contributed by atoms with Gasteiger partial charge in [-0.15, -0.1) is 0 Å². The van der Waals surface area contributed by atoms with Crippen molar-refractivity contribution in [3.63, 3.8) is 0 Å². The minimum absolute atomic E-state index is 0.192. The van der Waals surface area contributed by atoms with E-state index in [-0.39, 0.29) is 9.68 Å². The summed E-state index contributed by atoms with van der Waals surface area (Å²) < 4.78 is 21.3. The van der Waals surface area contributed by atoms with Crippen LogP contribution in [0, 0.1) is 0 Å². The lowest BCUT2D eigenvalue weighted by atomic mass is 10.5. The number of halogens is 1. The van der Waals surface area contributed by atoms with Crippen molar-refractivity contribution < 1.29 is 8.42 Å². The summed E-state index contributed by atoms with van der Waals surface area (Å²) in [6.45, 7) is 0. The number of hydrogen-bond acceptors (Lipinski definition) is 2. The molecule has 0 spiro atoms. The third kappa shape index (κ3) is 1.45. The predicted octanol–water partition coefficient (Wildman–Crippen LogP) is 0.732. The van der Waals surface area contributed by atoms with E-state index in [1.807, 2.05) is 0 Å². The molecule has 0 aliphatic carbocycles. The van der Waals surface area contributed by atoms with Crippen molar-refractivity contribution in [1.29, 1.82) is 0 Å². The Bertz CT molecular complexity index is 204. The molecule has 0 saturated heterocycles. The lowest BCUT2D eigenvalue weighted by molar-refractivity contribution is 0.607. The molecular formula is C4H5IO2S. The topological polar surface area (TPSA) is 34.1 Å². The Balaban J connectivity index is 2.89. The molecule has 1 atom stereocenters. The average molecular weight is 244 g/mol. The molecule has 0 bridgehead atoms. The van der Waals surface area contributed by atoms with Gasteiger partial charge in [0.05, 0.1) is 5.75 Å². The molecular weight excluding hydrogens is 239 g/mol. The molecule has 1 aliphatic heterocycles. The lowest BCUT2D eigenvalue weighted by Gasteiger charge is -1.88. The average Bonchev–Trinajstić information content (AvgIpc) is 1.82. The Labute approximate surface area is 62.0 Å². The van der Waals surface area contributed by atoms with Gasteiger partial charge in [-0.05, 0) is 0 Å². The van der Waals surface area contributed by atoms with Gasteiger partial charge in [0.1, 0.15) is 0 Å². The van der Waals surface area contributed by atoms with Gasteiger partial charge >= 0.3 is 0 Å². The molecule has 0 aromatic rings. The maximum Gasteiger partial charge on any atom is 0.172 e. The van der Waals surface area contributed by atoms with Crippen molar-refractivity contribution in [3.8, 4) is 0 Å². The fraction of sp³-hybridized carbons (Fsp3) is 0.500. The molecule has 8 heavy (non-hydrogen) atoms. The van der Waals surface area contributed by atoms with Gasteiger partial charge in [0, 0.05) is 9.33 Å². The van der Waals surface area contributed by atoms with Crippen molar-refractivity contribution in [2.75, 3.05) is 5.75 Å². The van der Waals surface area contributed by atoms with Crippen molar-refractivity contribution in [2.24, 2.45) is 0 Å². The summed E-state index contributed by atoms with van der Waals surface area (Å²) in [5.74, 6) is 0.285. The molecule has 2 nitrogen and oxygen atoms in total. The van der Waals surface area contributed by atoms with Gasteiger partial charge in [0.2, 0.25) is 0 Å². The van der Waals surface area contributed by atoms with Gasteiger partial charge in [-0.3, -0.25) is 0 Å². The van der Waals surface area contributed by atoms with Crippen LogP contribution in [0.4, 0.5) is 0 Å². The van der Waals surface area contributed by atoms with Gasteiger partial charge in [-0.1, -0.05) is 28.7 Å². The Morgan fingerprint density at radius 2 is 2.25 bits per heavy atom. The first kappa shape index (κ1) is 6.54. The van der Waals surface area contributed by atoms with Crippen molar-refractivity contribution in [2.45, 2.75) is 3.92 Å². The molecule has 0 saturated carbocycles. The van der Waals surface area contributed by atoms with Crippen LogP contribution in [0.15, 0.2) is 11.5 Å². The highest BCUT2D eigenvalue weighted by Crippen LogP contribution is 2.14. The number of alkyl halides is 1. The predicted molar refractivity (Wildman–Crippen MR) is 40.7 cm³/mol. The number of sulfone groups is 1. The number of allylic oxidation sites excluding steroid dienone is 1. The number of rotatable bonds is 0. The van der Waals surface area contributed by atoms with E-state index in [4.69, 9.17) is 0 Å². The summed E-state index contributed by atoms with van der Waals surface area (Å²) in [6, 6.07) is 0. The zero-order valence-electron chi connectivity index (χ0n) is 4.04. The Morgan fingerprint density at radius 3 is 2.38 bits per heavy atom. The molecule has 0 amide bonds. The summed E-state index contributed by atoms with van der Waals surface area (Å²) >= 11 is 2.09. The Morgan fingerprint density at radius 1 is 1.62 bits per heavy atom. The van der Waals surface area contributed by atoms with E-state index in [1.54, 1.807) is 6.08 Å². The standard InChI is InChI=1S/C4H5IO2S/c5-4-1-2-8(6,7)3-4/h1-2,4H,3H2. The molecule has 1 unspecified atom stereocenters. The largest absolute Gasteiger partial charge is 0.224 e. The van der Waals surface area contributed by atoms with Crippen molar-refractivity contribution >= 4 is 32.4 Å². The monoisotopic (exact) mass is 244 g/mol. The second kappa shape index (κ2) is 1.98. The van der Waals surface area contributed by atoms with Gasteiger partial charge < -0.3 is 0 Å². The molecule has 46 valence electrons. The lowest BCUT2D eigenvalue weighted by Crippen LogP contribution is -2.02. The Hall–Kier alpha value is 0.420. The van der Waals surface area contributed by atoms with E-state index in [0.717, 1.165) is 0 Å². The van der Waals surface area contributed by atoms with E-state index in [9.17, 15) is 8.42 Å². The molecule has 0 N–H and O–H groups in total. The summed E-state index contributed by atoms with van der Waals surface area (Å²) in [7, 11) is -2.78. The smallest absolute Gasteiger partial charge is 0.172 e. The van der Waals surface area contributed by atoms with E-state index in [2.05, 4.69) is 22.6 Å². The molecule has 1 aliphatic rings. The van der Waals surface area contributed by atoms with Gasteiger partial charge in [0.25, 0.3) is 0 Å². The van der Waals surface area contributed by atoms with Crippen LogP contribution in [0.3, 0.4) is 0 Å². The Kier molecular flexibility index (Phi) is 1.62. The highest BCUT2D eigenvalue weighted by molar-refractivity contribution is 14.1. The molecule has 1 heterocycles.